The fraction of sp³-hybridized carbons (Fsp3) is 0.500. The molecular weight excluding hydrogens is 324 g/mol. The zero-order valence-electron chi connectivity index (χ0n) is 15.6. The molecule has 138 valence electrons. The fourth-order valence-corrected chi connectivity index (χ4v) is 4.42. The average Bonchev–Trinajstić information content (AvgIpc) is 3.06. The average molecular weight is 352 g/mol. The van der Waals surface area contributed by atoms with Crippen LogP contribution in [0.1, 0.15) is 37.3 Å². The lowest BCUT2D eigenvalue weighted by atomic mass is 9.66. The van der Waals surface area contributed by atoms with Gasteiger partial charge in [0, 0.05) is 43.2 Å². The number of likely N-dealkylation sites (tertiary alicyclic amines) is 1. The van der Waals surface area contributed by atoms with E-state index in [2.05, 4.69) is 35.0 Å². The molecule has 1 aliphatic heterocycles. The van der Waals surface area contributed by atoms with Gasteiger partial charge in [-0.05, 0) is 50.3 Å². The molecule has 1 spiro atoms. The van der Waals surface area contributed by atoms with E-state index in [1.54, 1.807) is 6.20 Å². The van der Waals surface area contributed by atoms with Crippen LogP contribution < -0.4 is 4.74 Å². The summed E-state index contributed by atoms with van der Waals surface area (Å²) in [5.41, 5.74) is 2.87. The Hall–Kier alpha value is -1.91. The first-order chi connectivity index (χ1) is 12.8. The van der Waals surface area contributed by atoms with Gasteiger partial charge in [-0.25, -0.2) is 0 Å². The summed E-state index contributed by atoms with van der Waals surface area (Å²) in [4.78, 5) is 6.73. The van der Waals surface area contributed by atoms with Crippen molar-refractivity contribution in [3.05, 3.63) is 59.9 Å². The van der Waals surface area contributed by atoms with E-state index in [1.807, 2.05) is 24.4 Å². The monoisotopic (exact) mass is 352 g/mol. The van der Waals surface area contributed by atoms with E-state index in [0.29, 0.717) is 18.1 Å². The number of rotatable bonds is 7. The fourth-order valence-electron chi connectivity index (χ4n) is 4.42. The first-order valence-electron chi connectivity index (χ1n) is 9.70. The number of nitrogens with zero attached hydrogens (tertiary/aromatic N) is 2. The summed E-state index contributed by atoms with van der Waals surface area (Å²) in [6.45, 7) is 6.82. The maximum absolute atomic E-state index is 6.09. The second-order valence-corrected chi connectivity index (χ2v) is 7.70. The molecule has 0 N–H and O–H groups in total. The molecule has 4 nitrogen and oxygen atoms in total. The maximum Gasteiger partial charge on any atom is 0.124 e. The highest BCUT2D eigenvalue weighted by molar-refractivity contribution is 5.33. The highest BCUT2D eigenvalue weighted by atomic mass is 16.5. The lowest BCUT2D eigenvalue weighted by Crippen LogP contribution is -2.44. The van der Waals surface area contributed by atoms with Crippen LogP contribution in [-0.4, -0.2) is 35.7 Å². The van der Waals surface area contributed by atoms with Gasteiger partial charge >= 0.3 is 0 Å². The number of hydrogen-bond donors (Lipinski definition) is 0. The Balaban J connectivity index is 1.34. The molecule has 2 aromatic rings. The molecule has 0 amide bonds. The molecule has 1 aliphatic carbocycles. The third-order valence-corrected chi connectivity index (χ3v) is 5.72. The Bertz CT molecular complexity index is 713. The van der Waals surface area contributed by atoms with Crippen LogP contribution in [0.4, 0.5) is 0 Å². The van der Waals surface area contributed by atoms with Crippen LogP contribution in [0.15, 0.2) is 48.8 Å². The number of aromatic nitrogens is 1. The van der Waals surface area contributed by atoms with Gasteiger partial charge in [-0.1, -0.05) is 24.3 Å². The van der Waals surface area contributed by atoms with Crippen LogP contribution in [0.2, 0.25) is 0 Å². The van der Waals surface area contributed by atoms with E-state index in [1.165, 1.54) is 37.9 Å². The molecule has 1 aromatic heterocycles. The Morgan fingerprint density at radius 1 is 1.19 bits per heavy atom. The van der Waals surface area contributed by atoms with Crippen LogP contribution in [0.5, 0.6) is 5.75 Å². The van der Waals surface area contributed by atoms with E-state index in [-0.39, 0.29) is 0 Å². The predicted molar refractivity (Wildman–Crippen MR) is 102 cm³/mol. The van der Waals surface area contributed by atoms with Gasteiger partial charge in [0.25, 0.3) is 0 Å². The van der Waals surface area contributed by atoms with Gasteiger partial charge in [-0.2, -0.15) is 0 Å². The minimum absolute atomic E-state index is 0.495. The minimum atomic E-state index is 0.495. The van der Waals surface area contributed by atoms with Gasteiger partial charge in [0.15, 0.2) is 0 Å². The summed E-state index contributed by atoms with van der Waals surface area (Å²) >= 11 is 0. The molecule has 2 heterocycles. The molecule has 1 aromatic carbocycles. The van der Waals surface area contributed by atoms with Gasteiger partial charge in [0.1, 0.15) is 12.4 Å². The van der Waals surface area contributed by atoms with Crippen LogP contribution in [0.25, 0.3) is 0 Å². The standard InChI is InChI=1S/C22H28N2O2/c1-2-25-20-12-22(13-20)9-11-24(17-22)15-19-7-3-4-8-21(19)26-16-18-6-5-10-23-14-18/h3-8,10,14,20H,2,9,11-13,15-17H2,1H3. The molecule has 0 atom stereocenters. The van der Waals surface area contributed by atoms with E-state index >= 15 is 0 Å². The van der Waals surface area contributed by atoms with Crippen LogP contribution in [-0.2, 0) is 17.9 Å². The number of hydrogen-bond acceptors (Lipinski definition) is 4. The third-order valence-electron chi connectivity index (χ3n) is 5.72. The van der Waals surface area contributed by atoms with Crippen molar-refractivity contribution in [2.24, 2.45) is 5.41 Å². The van der Waals surface area contributed by atoms with Gasteiger partial charge in [0.2, 0.25) is 0 Å². The first kappa shape index (κ1) is 17.5. The van der Waals surface area contributed by atoms with Crippen LogP contribution in [0, 0.1) is 5.41 Å². The minimum Gasteiger partial charge on any atom is -0.489 e. The second-order valence-electron chi connectivity index (χ2n) is 7.70. The topological polar surface area (TPSA) is 34.6 Å². The van der Waals surface area contributed by atoms with Gasteiger partial charge in [0.05, 0.1) is 6.10 Å². The smallest absolute Gasteiger partial charge is 0.124 e. The van der Waals surface area contributed by atoms with E-state index in [9.17, 15) is 0 Å². The molecule has 2 aliphatic rings. The quantitative estimate of drug-likeness (QED) is 0.753. The molecule has 4 heteroatoms. The number of para-hydroxylation sites is 1. The summed E-state index contributed by atoms with van der Waals surface area (Å²) in [5.74, 6) is 0.984. The predicted octanol–water partition coefficient (Wildman–Crippen LogP) is 4.05. The maximum atomic E-state index is 6.09. The molecule has 0 radical (unpaired) electrons. The summed E-state index contributed by atoms with van der Waals surface area (Å²) in [5, 5.41) is 0. The number of pyridine rings is 1. The van der Waals surface area contributed by atoms with Gasteiger partial charge in [-0.3, -0.25) is 9.88 Å². The lowest BCUT2D eigenvalue weighted by molar-refractivity contribution is -0.0718. The summed E-state index contributed by atoms with van der Waals surface area (Å²) in [6, 6.07) is 12.4. The highest BCUT2D eigenvalue weighted by Gasteiger charge is 2.48. The molecule has 4 rings (SSSR count). The molecule has 0 bridgehead atoms. The van der Waals surface area contributed by atoms with Crippen LogP contribution >= 0.6 is 0 Å². The Morgan fingerprint density at radius 2 is 2.08 bits per heavy atom. The Morgan fingerprint density at radius 3 is 2.88 bits per heavy atom. The van der Waals surface area contributed by atoms with Crippen molar-refractivity contribution >= 4 is 0 Å². The Labute approximate surface area is 156 Å². The molecule has 26 heavy (non-hydrogen) atoms. The van der Waals surface area contributed by atoms with Crippen molar-refractivity contribution in [3.63, 3.8) is 0 Å². The zero-order chi connectivity index (χ0) is 17.8. The molecule has 1 saturated heterocycles. The van der Waals surface area contributed by atoms with Crippen LogP contribution in [0.3, 0.4) is 0 Å². The van der Waals surface area contributed by atoms with Crippen molar-refractivity contribution in [2.75, 3.05) is 19.7 Å². The first-order valence-corrected chi connectivity index (χ1v) is 9.70. The molecule has 0 unspecified atom stereocenters. The van der Waals surface area contributed by atoms with E-state index < -0.39 is 0 Å². The van der Waals surface area contributed by atoms with Crippen molar-refractivity contribution in [2.45, 2.75) is 45.4 Å². The lowest BCUT2D eigenvalue weighted by Gasteiger charge is -2.44. The third kappa shape index (κ3) is 3.92. The van der Waals surface area contributed by atoms with Crippen molar-refractivity contribution in [1.82, 2.24) is 9.88 Å². The van der Waals surface area contributed by atoms with Gasteiger partial charge in [-0.15, -0.1) is 0 Å². The molecule has 1 saturated carbocycles. The largest absolute Gasteiger partial charge is 0.489 e. The normalized spacial score (nSPS) is 25.3. The summed E-state index contributed by atoms with van der Waals surface area (Å²) in [6.07, 6.45) is 7.91. The van der Waals surface area contributed by atoms with E-state index in [0.717, 1.165) is 24.5 Å². The summed E-state index contributed by atoms with van der Waals surface area (Å²) in [7, 11) is 0. The second kappa shape index (κ2) is 7.77. The van der Waals surface area contributed by atoms with Crippen molar-refractivity contribution in [3.8, 4) is 5.75 Å². The van der Waals surface area contributed by atoms with Crippen molar-refractivity contribution < 1.29 is 9.47 Å². The number of benzene rings is 1. The van der Waals surface area contributed by atoms with Crippen molar-refractivity contribution in [1.29, 1.82) is 0 Å². The summed E-state index contributed by atoms with van der Waals surface area (Å²) < 4.78 is 11.9. The highest BCUT2D eigenvalue weighted by Crippen LogP contribution is 2.49. The van der Waals surface area contributed by atoms with Gasteiger partial charge < -0.3 is 9.47 Å². The number of ether oxygens (including phenoxy) is 2. The molecular formula is C22H28N2O2. The zero-order valence-corrected chi connectivity index (χ0v) is 15.6. The Kier molecular flexibility index (Phi) is 5.23. The SMILES string of the molecule is CCOC1CC2(CCN(Cc3ccccc3OCc3cccnc3)C2)C1. The molecule has 2 fully saturated rings. The van der Waals surface area contributed by atoms with E-state index in [4.69, 9.17) is 9.47 Å².